The summed E-state index contributed by atoms with van der Waals surface area (Å²) in [5.41, 5.74) is 0. The summed E-state index contributed by atoms with van der Waals surface area (Å²) in [7, 11) is -3.92. The number of sulfonamides is 1. The lowest BCUT2D eigenvalue weighted by atomic mass is 10.1. The van der Waals surface area contributed by atoms with Crippen molar-refractivity contribution in [1.82, 2.24) is 19.4 Å². The minimum absolute atomic E-state index is 0.0401. The number of carbonyl (C=O) groups is 2. The third-order valence-corrected chi connectivity index (χ3v) is 9.48. The monoisotopic (exact) mass is 532 g/mol. The van der Waals surface area contributed by atoms with Crippen molar-refractivity contribution >= 4 is 44.2 Å². The number of carbonyl (C=O) groups excluding carboxylic acids is 2. The SMILES string of the molecule is C[C@@H](C(=O)N1CCC[C@H]1CN1CCCC1)N1CC[C@H](NS(=O)(=O)c2ccc3cc(Cl)ccc3c2)C1=O. The second-order valence-electron chi connectivity index (χ2n) is 10.2. The Morgan fingerprint density at radius 1 is 1.03 bits per heavy atom. The fourth-order valence-electron chi connectivity index (χ4n) is 5.77. The van der Waals surface area contributed by atoms with E-state index in [0.29, 0.717) is 24.5 Å². The quantitative estimate of drug-likeness (QED) is 0.592. The highest BCUT2D eigenvalue weighted by Crippen LogP contribution is 2.26. The zero-order valence-electron chi connectivity index (χ0n) is 20.5. The van der Waals surface area contributed by atoms with Gasteiger partial charge in [-0.25, -0.2) is 8.42 Å². The van der Waals surface area contributed by atoms with Crippen LogP contribution in [0.2, 0.25) is 5.02 Å². The van der Waals surface area contributed by atoms with Crippen LogP contribution < -0.4 is 4.72 Å². The normalized spacial score (nSPS) is 24.2. The maximum atomic E-state index is 13.4. The van der Waals surface area contributed by atoms with Gasteiger partial charge in [0.25, 0.3) is 0 Å². The van der Waals surface area contributed by atoms with Gasteiger partial charge in [0.1, 0.15) is 12.1 Å². The summed E-state index contributed by atoms with van der Waals surface area (Å²) in [4.78, 5) is 32.6. The lowest BCUT2D eigenvalue weighted by Gasteiger charge is -2.33. The Labute approximate surface area is 217 Å². The van der Waals surface area contributed by atoms with E-state index < -0.39 is 22.1 Å². The van der Waals surface area contributed by atoms with E-state index in [4.69, 9.17) is 11.6 Å². The molecule has 5 rings (SSSR count). The minimum atomic E-state index is -3.92. The average molecular weight is 533 g/mol. The maximum absolute atomic E-state index is 13.4. The third-order valence-electron chi connectivity index (χ3n) is 7.77. The molecule has 3 aliphatic heterocycles. The molecule has 3 aliphatic rings. The van der Waals surface area contributed by atoms with Crippen molar-refractivity contribution in [2.45, 2.75) is 62.0 Å². The maximum Gasteiger partial charge on any atom is 0.245 e. The van der Waals surface area contributed by atoms with E-state index >= 15 is 0 Å². The number of nitrogens with zero attached hydrogens (tertiary/aromatic N) is 3. The Morgan fingerprint density at radius 3 is 2.53 bits per heavy atom. The van der Waals surface area contributed by atoms with Gasteiger partial charge in [-0.05, 0) is 87.2 Å². The van der Waals surface area contributed by atoms with Crippen molar-refractivity contribution in [3.05, 3.63) is 41.4 Å². The van der Waals surface area contributed by atoms with Crippen LogP contribution in [0.15, 0.2) is 41.3 Å². The molecule has 3 saturated heterocycles. The standard InChI is InChI=1S/C26H33ClN4O4S/c1-18(25(32)31-13-4-5-22(31)17-29-11-2-3-12-29)30-14-10-24(26(30)33)28-36(34,35)23-9-7-19-15-21(27)8-6-20(19)16-23/h6-9,15-16,18,22,24,28H,2-5,10-14,17H2,1H3/t18-,22-,24-/m0/s1. The first-order chi connectivity index (χ1) is 17.2. The molecule has 0 radical (unpaired) electrons. The van der Waals surface area contributed by atoms with Crippen LogP contribution in [0.25, 0.3) is 10.8 Å². The number of nitrogens with one attached hydrogen (secondary N) is 1. The number of hydrogen-bond acceptors (Lipinski definition) is 5. The number of halogens is 1. The number of likely N-dealkylation sites (tertiary alicyclic amines) is 3. The van der Waals surface area contributed by atoms with Gasteiger partial charge < -0.3 is 14.7 Å². The predicted molar refractivity (Wildman–Crippen MR) is 139 cm³/mol. The zero-order valence-corrected chi connectivity index (χ0v) is 22.1. The lowest BCUT2D eigenvalue weighted by molar-refractivity contribution is -0.144. The second-order valence-corrected chi connectivity index (χ2v) is 12.3. The second kappa shape index (κ2) is 10.3. The van der Waals surface area contributed by atoms with Gasteiger partial charge in [-0.15, -0.1) is 0 Å². The Morgan fingerprint density at radius 2 is 1.75 bits per heavy atom. The molecule has 10 heteroatoms. The van der Waals surface area contributed by atoms with Crippen molar-refractivity contribution in [3.8, 4) is 0 Å². The summed E-state index contributed by atoms with van der Waals surface area (Å²) < 4.78 is 28.7. The van der Waals surface area contributed by atoms with Gasteiger partial charge in [0, 0.05) is 30.7 Å². The fraction of sp³-hybridized carbons (Fsp3) is 0.538. The first kappa shape index (κ1) is 25.4. The third kappa shape index (κ3) is 5.11. The van der Waals surface area contributed by atoms with Crippen molar-refractivity contribution in [2.24, 2.45) is 0 Å². The molecule has 194 valence electrons. The molecular weight excluding hydrogens is 500 g/mol. The van der Waals surface area contributed by atoms with Crippen molar-refractivity contribution in [1.29, 1.82) is 0 Å². The summed E-state index contributed by atoms with van der Waals surface area (Å²) in [6, 6.07) is 8.72. The van der Waals surface area contributed by atoms with Gasteiger partial charge in [0.15, 0.2) is 0 Å². The smallest absolute Gasteiger partial charge is 0.245 e. The van der Waals surface area contributed by atoms with E-state index in [1.165, 1.54) is 23.8 Å². The summed E-state index contributed by atoms with van der Waals surface area (Å²) in [5.74, 6) is -0.385. The molecule has 0 spiro atoms. The number of fused-ring (bicyclic) bond motifs is 1. The van der Waals surface area contributed by atoms with E-state index in [-0.39, 0.29) is 22.8 Å². The molecule has 3 heterocycles. The molecule has 2 amide bonds. The number of hydrogen-bond donors (Lipinski definition) is 1. The molecule has 0 bridgehead atoms. The fourth-order valence-corrected chi connectivity index (χ4v) is 7.20. The van der Waals surface area contributed by atoms with Gasteiger partial charge in [0.2, 0.25) is 21.8 Å². The van der Waals surface area contributed by atoms with E-state index in [0.717, 1.165) is 43.2 Å². The van der Waals surface area contributed by atoms with Crippen LogP contribution in [0, 0.1) is 0 Å². The van der Waals surface area contributed by atoms with Crippen molar-refractivity contribution < 1.29 is 18.0 Å². The Kier molecular flexibility index (Phi) is 7.27. The number of rotatable bonds is 7. The molecule has 3 atom stereocenters. The zero-order chi connectivity index (χ0) is 25.4. The largest absolute Gasteiger partial charge is 0.337 e. The van der Waals surface area contributed by atoms with Gasteiger partial charge in [-0.2, -0.15) is 4.72 Å². The van der Waals surface area contributed by atoms with E-state index in [1.807, 2.05) is 4.90 Å². The van der Waals surface area contributed by atoms with Crippen molar-refractivity contribution in [2.75, 3.05) is 32.7 Å². The molecule has 2 aromatic rings. The van der Waals surface area contributed by atoms with E-state index in [9.17, 15) is 18.0 Å². The van der Waals surface area contributed by atoms with E-state index in [1.54, 1.807) is 37.3 Å². The molecule has 0 saturated carbocycles. The van der Waals surface area contributed by atoms with E-state index in [2.05, 4.69) is 9.62 Å². The molecule has 2 aromatic carbocycles. The van der Waals surface area contributed by atoms with Gasteiger partial charge in [0.05, 0.1) is 4.90 Å². The topological polar surface area (TPSA) is 90.0 Å². The Hall–Kier alpha value is -2.20. The molecule has 0 aromatic heterocycles. The first-order valence-electron chi connectivity index (χ1n) is 12.8. The number of benzene rings is 2. The highest BCUT2D eigenvalue weighted by Gasteiger charge is 2.42. The molecule has 3 fully saturated rings. The Bertz CT molecular complexity index is 1260. The van der Waals surface area contributed by atoms with Crippen LogP contribution in [0.3, 0.4) is 0 Å². The lowest BCUT2D eigenvalue weighted by Crippen LogP contribution is -2.52. The van der Waals surface area contributed by atoms with Crippen LogP contribution in [-0.2, 0) is 19.6 Å². The Balaban J connectivity index is 1.24. The highest BCUT2D eigenvalue weighted by atomic mass is 35.5. The van der Waals surface area contributed by atoms with Gasteiger partial charge in [-0.1, -0.05) is 23.7 Å². The average Bonchev–Trinajstić information content (AvgIpc) is 3.61. The minimum Gasteiger partial charge on any atom is -0.337 e. The summed E-state index contributed by atoms with van der Waals surface area (Å²) in [6.45, 7) is 5.90. The predicted octanol–water partition coefficient (Wildman–Crippen LogP) is 2.85. The van der Waals surface area contributed by atoms with Crippen LogP contribution in [0.1, 0.15) is 39.0 Å². The number of amides is 2. The van der Waals surface area contributed by atoms with Gasteiger partial charge >= 0.3 is 0 Å². The summed E-state index contributed by atoms with van der Waals surface area (Å²) >= 11 is 6.02. The molecule has 0 aliphatic carbocycles. The first-order valence-corrected chi connectivity index (χ1v) is 14.6. The molecule has 1 N–H and O–H groups in total. The van der Waals surface area contributed by atoms with Crippen LogP contribution >= 0.6 is 11.6 Å². The highest BCUT2D eigenvalue weighted by molar-refractivity contribution is 7.89. The van der Waals surface area contributed by atoms with Crippen LogP contribution in [-0.4, -0.2) is 85.8 Å². The van der Waals surface area contributed by atoms with Crippen LogP contribution in [0.4, 0.5) is 0 Å². The molecule has 36 heavy (non-hydrogen) atoms. The summed E-state index contributed by atoms with van der Waals surface area (Å²) in [5, 5.41) is 2.16. The molecular formula is C26H33ClN4O4S. The summed E-state index contributed by atoms with van der Waals surface area (Å²) in [6.07, 6.45) is 4.72. The van der Waals surface area contributed by atoms with Gasteiger partial charge in [-0.3, -0.25) is 9.59 Å². The van der Waals surface area contributed by atoms with Crippen LogP contribution in [0.5, 0.6) is 0 Å². The van der Waals surface area contributed by atoms with Crippen molar-refractivity contribution in [3.63, 3.8) is 0 Å². The molecule has 0 unspecified atom stereocenters. The molecule has 8 nitrogen and oxygen atoms in total.